The van der Waals surface area contributed by atoms with Crippen molar-refractivity contribution in [2.75, 3.05) is 39.3 Å². The number of carbonyl (C=O) groups is 2. The summed E-state index contributed by atoms with van der Waals surface area (Å²) in [4.78, 5) is 28.3. The third-order valence-corrected chi connectivity index (χ3v) is 5.01. The minimum atomic E-state index is -0.00754. The second-order valence-corrected chi connectivity index (χ2v) is 6.69. The molecule has 0 spiro atoms. The zero-order valence-electron chi connectivity index (χ0n) is 14.9. The normalized spacial score (nSPS) is 21.3. The Hall–Kier alpha value is -2.08. The maximum absolute atomic E-state index is 12.5. The average molecular weight is 345 g/mol. The number of ether oxygens (including phenoxy) is 1. The highest BCUT2D eigenvalue weighted by atomic mass is 16.5. The number of likely N-dealkylation sites (tertiary alicyclic amines) is 1. The second-order valence-electron chi connectivity index (χ2n) is 6.69. The van der Waals surface area contributed by atoms with Crippen molar-refractivity contribution in [1.82, 2.24) is 15.1 Å². The first-order chi connectivity index (χ1) is 12.2. The Morgan fingerprint density at radius 2 is 2.08 bits per heavy atom. The first-order valence-corrected chi connectivity index (χ1v) is 9.17. The molecule has 3 rings (SSSR count). The van der Waals surface area contributed by atoms with Crippen LogP contribution in [0.15, 0.2) is 24.3 Å². The molecule has 1 atom stereocenters. The molecule has 2 aliphatic rings. The van der Waals surface area contributed by atoms with Gasteiger partial charge in [0.2, 0.25) is 5.91 Å². The molecule has 2 saturated heterocycles. The SMILES string of the molecule is CCc1ccc(OCC(=O)N2CCCC(N3CCNCC3=O)C2)cc1. The molecule has 2 aliphatic heterocycles. The standard InChI is InChI=1S/C19H27N3O3/c1-2-15-5-7-17(8-6-15)25-14-19(24)21-10-3-4-16(13-21)22-11-9-20-12-18(22)23/h5-8,16,20H,2-4,9-14H2,1H3. The van der Waals surface area contributed by atoms with Crippen LogP contribution in [0.25, 0.3) is 0 Å². The number of amides is 2. The number of hydrogen-bond donors (Lipinski definition) is 1. The van der Waals surface area contributed by atoms with Gasteiger partial charge in [0.05, 0.1) is 6.54 Å². The van der Waals surface area contributed by atoms with Crippen LogP contribution in [0.2, 0.25) is 0 Å². The van der Waals surface area contributed by atoms with E-state index in [4.69, 9.17) is 4.74 Å². The Kier molecular flexibility index (Phi) is 5.91. The van der Waals surface area contributed by atoms with E-state index in [2.05, 4.69) is 12.2 Å². The predicted molar refractivity (Wildman–Crippen MR) is 95.5 cm³/mol. The van der Waals surface area contributed by atoms with E-state index in [-0.39, 0.29) is 24.5 Å². The van der Waals surface area contributed by atoms with Gasteiger partial charge in [-0.1, -0.05) is 19.1 Å². The van der Waals surface area contributed by atoms with Crippen molar-refractivity contribution >= 4 is 11.8 Å². The highest BCUT2D eigenvalue weighted by Gasteiger charge is 2.31. The number of carbonyl (C=O) groups excluding carboxylic acids is 2. The summed E-state index contributed by atoms with van der Waals surface area (Å²) in [5, 5.41) is 3.09. The molecule has 25 heavy (non-hydrogen) atoms. The van der Waals surface area contributed by atoms with Gasteiger partial charge < -0.3 is 19.9 Å². The summed E-state index contributed by atoms with van der Waals surface area (Å²) in [5.41, 5.74) is 1.25. The maximum atomic E-state index is 12.5. The fourth-order valence-corrected chi connectivity index (χ4v) is 3.50. The summed E-state index contributed by atoms with van der Waals surface area (Å²) in [6, 6.07) is 7.99. The molecular weight excluding hydrogens is 318 g/mol. The molecular formula is C19H27N3O3. The molecule has 6 nitrogen and oxygen atoms in total. The van der Waals surface area contributed by atoms with Crippen molar-refractivity contribution < 1.29 is 14.3 Å². The van der Waals surface area contributed by atoms with E-state index in [0.29, 0.717) is 13.1 Å². The number of nitrogens with zero attached hydrogens (tertiary/aromatic N) is 2. The number of nitrogens with one attached hydrogen (secondary N) is 1. The molecule has 1 aromatic rings. The summed E-state index contributed by atoms with van der Waals surface area (Å²) in [5.74, 6) is 0.848. The van der Waals surface area contributed by atoms with Crippen LogP contribution in [0.3, 0.4) is 0 Å². The molecule has 2 heterocycles. The van der Waals surface area contributed by atoms with E-state index < -0.39 is 0 Å². The predicted octanol–water partition coefficient (Wildman–Crippen LogP) is 1.05. The lowest BCUT2D eigenvalue weighted by Gasteiger charge is -2.41. The van der Waals surface area contributed by atoms with Gasteiger partial charge in [0, 0.05) is 32.2 Å². The molecule has 0 bridgehead atoms. The minimum absolute atomic E-state index is 0.00754. The fraction of sp³-hybridized carbons (Fsp3) is 0.579. The first kappa shape index (κ1) is 17.7. The number of aryl methyl sites for hydroxylation is 1. The van der Waals surface area contributed by atoms with Gasteiger partial charge in [0.25, 0.3) is 5.91 Å². The lowest BCUT2D eigenvalue weighted by molar-refractivity contribution is -0.141. The molecule has 0 aromatic heterocycles. The Morgan fingerprint density at radius 1 is 1.28 bits per heavy atom. The van der Waals surface area contributed by atoms with Crippen molar-refractivity contribution in [2.24, 2.45) is 0 Å². The van der Waals surface area contributed by atoms with Crippen LogP contribution in [0.5, 0.6) is 5.75 Å². The van der Waals surface area contributed by atoms with E-state index in [1.54, 1.807) is 0 Å². The minimum Gasteiger partial charge on any atom is -0.484 e. The van der Waals surface area contributed by atoms with Crippen LogP contribution in [0, 0.1) is 0 Å². The van der Waals surface area contributed by atoms with Crippen LogP contribution in [-0.4, -0.2) is 67.0 Å². The number of benzene rings is 1. The van der Waals surface area contributed by atoms with Gasteiger partial charge in [-0.3, -0.25) is 9.59 Å². The van der Waals surface area contributed by atoms with Gasteiger partial charge in [0.15, 0.2) is 6.61 Å². The van der Waals surface area contributed by atoms with Gasteiger partial charge in [0.1, 0.15) is 5.75 Å². The fourth-order valence-electron chi connectivity index (χ4n) is 3.50. The van der Waals surface area contributed by atoms with Crippen LogP contribution >= 0.6 is 0 Å². The molecule has 0 aliphatic carbocycles. The Morgan fingerprint density at radius 3 is 2.80 bits per heavy atom. The van der Waals surface area contributed by atoms with Crippen LogP contribution in [-0.2, 0) is 16.0 Å². The van der Waals surface area contributed by atoms with Gasteiger partial charge in [-0.05, 0) is 37.0 Å². The molecule has 0 saturated carbocycles. The van der Waals surface area contributed by atoms with Gasteiger partial charge in [-0.15, -0.1) is 0 Å². The number of piperazine rings is 1. The summed E-state index contributed by atoms with van der Waals surface area (Å²) < 4.78 is 5.64. The van der Waals surface area contributed by atoms with E-state index in [1.165, 1.54) is 5.56 Å². The zero-order valence-corrected chi connectivity index (χ0v) is 14.9. The van der Waals surface area contributed by atoms with E-state index in [1.807, 2.05) is 34.1 Å². The van der Waals surface area contributed by atoms with E-state index in [9.17, 15) is 9.59 Å². The van der Waals surface area contributed by atoms with Crippen molar-refractivity contribution in [3.8, 4) is 5.75 Å². The molecule has 6 heteroatoms. The summed E-state index contributed by atoms with van der Waals surface area (Å²) >= 11 is 0. The lowest BCUT2D eigenvalue weighted by Crippen LogP contribution is -2.57. The van der Waals surface area contributed by atoms with Crippen molar-refractivity contribution in [3.63, 3.8) is 0 Å². The summed E-state index contributed by atoms with van der Waals surface area (Å²) in [6.07, 6.45) is 2.88. The van der Waals surface area contributed by atoms with Crippen LogP contribution < -0.4 is 10.1 Å². The molecule has 2 amide bonds. The maximum Gasteiger partial charge on any atom is 0.260 e. The molecule has 1 N–H and O–H groups in total. The van der Waals surface area contributed by atoms with Crippen LogP contribution in [0.1, 0.15) is 25.3 Å². The van der Waals surface area contributed by atoms with Crippen molar-refractivity contribution in [2.45, 2.75) is 32.2 Å². The summed E-state index contributed by atoms with van der Waals surface area (Å²) in [6.45, 7) is 5.47. The quantitative estimate of drug-likeness (QED) is 0.867. The zero-order chi connectivity index (χ0) is 17.6. The largest absolute Gasteiger partial charge is 0.484 e. The summed E-state index contributed by atoms with van der Waals surface area (Å²) in [7, 11) is 0. The number of rotatable bonds is 5. The van der Waals surface area contributed by atoms with Gasteiger partial charge in [-0.25, -0.2) is 0 Å². The highest BCUT2D eigenvalue weighted by molar-refractivity contribution is 5.80. The molecule has 136 valence electrons. The third kappa shape index (κ3) is 4.51. The number of piperidine rings is 1. The molecule has 0 radical (unpaired) electrons. The lowest BCUT2D eigenvalue weighted by atomic mass is 10.0. The topological polar surface area (TPSA) is 61.9 Å². The number of hydrogen-bond acceptors (Lipinski definition) is 4. The van der Waals surface area contributed by atoms with E-state index >= 15 is 0 Å². The average Bonchev–Trinajstić information content (AvgIpc) is 2.67. The van der Waals surface area contributed by atoms with Crippen molar-refractivity contribution in [1.29, 1.82) is 0 Å². The smallest absolute Gasteiger partial charge is 0.260 e. The highest BCUT2D eigenvalue weighted by Crippen LogP contribution is 2.18. The molecule has 2 fully saturated rings. The molecule has 1 unspecified atom stereocenters. The molecule has 1 aromatic carbocycles. The second kappa shape index (κ2) is 8.34. The Balaban J connectivity index is 1.51. The van der Waals surface area contributed by atoms with E-state index in [0.717, 1.165) is 44.6 Å². The Bertz CT molecular complexity index is 602. The van der Waals surface area contributed by atoms with Crippen molar-refractivity contribution in [3.05, 3.63) is 29.8 Å². The van der Waals surface area contributed by atoms with Crippen LogP contribution in [0.4, 0.5) is 0 Å². The van der Waals surface area contributed by atoms with Gasteiger partial charge in [-0.2, -0.15) is 0 Å². The third-order valence-electron chi connectivity index (χ3n) is 5.01. The first-order valence-electron chi connectivity index (χ1n) is 9.17. The van der Waals surface area contributed by atoms with Gasteiger partial charge >= 0.3 is 0 Å². The Labute approximate surface area is 149 Å². The monoisotopic (exact) mass is 345 g/mol.